The van der Waals surface area contributed by atoms with E-state index in [0.717, 1.165) is 71.1 Å². The second-order valence-electron chi connectivity index (χ2n) is 19.3. The quantitative estimate of drug-likeness (QED) is 0.0563. The lowest BCUT2D eigenvalue weighted by atomic mass is 9.39. The Morgan fingerprint density at radius 2 is 1.70 bits per heavy atom. The molecule has 16 heteroatoms. The Balaban J connectivity index is 0.996. The molecule has 10 rings (SSSR count). The number of aromatic nitrogens is 4. The molecule has 4 heterocycles. The van der Waals surface area contributed by atoms with Gasteiger partial charge in [0.15, 0.2) is 16.6 Å². The Labute approximate surface area is 379 Å². The fourth-order valence-corrected chi connectivity index (χ4v) is 15.2. The second kappa shape index (κ2) is 17.4. The van der Waals surface area contributed by atoms with Crippen molar-refractivity contribution in [3.8, 4) is 11.1 Å². The number of hydrogen-bond donors (Lipinski definition) is 3. The Morgan fingerprint density at radius 1 is 0.938 bits per heavy atom. The molecule has 3 aromatic heterocycles. The number of carbonyl (C=O) groups is 2. The number of anilines is 2. The topological polar surface area (TPSA) is 170 Å². The van der Waals surface area contributed by atoms with Crippen molar-refractivity contribution in [1.29, 1.82) is 0 Å². The predicted molar refractivity (Wildman–Crippen MR) is 250 cm³/mol. The highest BCUT2D eigenvalue weighted by molar-refractivity contribution is 7.53. The number of aromatic carboxylic acids is 1. The van der Waals surface area contributed by atoms with Gasteiger partial charge in [0.05, 0.1) is 41.8 Å². The van der Waals surface area contributed by atoms with Crippen LogP contribution in [-0.2, 0) is 37.9 Å². The van der Waals surface area contributed by atoms with Gasteiger partial charge in [0.1, 0.15) is 0 Å². The molecule has 4 aliphatic carbocycles. The van der Waals surface area contributed by atoms with Crippen LogP contribution < -0.4 is 15.5 Å². The highest BCUT2D eigenvalue weighted by Crippen LogP contribution is 2.72. The van der Waals surface area contributed by atoms with Gasteiger partial charge in [-0.3, -0.25) is 19.4 Å². The molecule has 5 aliphatic rings. The minimum atomic E-state index is -3.12. The molecule has 1 amide bonds. The van der Waals surface area contributed by atoms with Crippen molar-refractivity contribution < 1.29 is 33.0 Å². The van der Waals surface area contributed by atoms with E-state index >= 15 is 0 Å². The molecule has 4 saturated carbocycles. The number of nitrogens with one attached hydrogen (secondary N) is 2. The average molecular weight is 910 g/mol. The summed E-state index contributed by atoms with van der Waals surface area (Å²) in [4.78, 5) is 37.9. The summed E-state index contributed by atoms with van der Waals surface area (Å²) in [5.41, 5.74) is 5.42. The van der Waals surface area contributed by atoms with Crippen LogP contribution in [0.1, 0.15) is 104 Å². The molecule has 0 radical (unpaired) electrons. The molecule has 14 nitrogen and oxygen atoms in total. The van der Waals surface area contributed by atoms with Crippen molar-refractivity contribution in [3.05, 3.63) is 88.9 Å². The molecule has 5 aromatic rings. The zero-order valence-corrected chi connectivity index (χ0v) is 39.3. The lowest BCUT2D eigenvalue weighted by Gasteiger charge is -2.69. The van der Waals surface area contributed by atoms with Gasteiger partial charge in [-0.15, -0.1) is 0 Å². The fourth-order valence-electron chi connectivity index (χ4n) is 12.8. The van der Waals surface area contributed by atoms with E-state index in [0.29, 0.717) is 87.2 Å². The number of benzene rings is 2. The molecule has 340 valence electrons. The van der Waals surface area contributed by atoms with Crippen LogP contribution >= 0.6 is 18.9 Å². The summed E-state index contributed by atoms with van der Waals surface area (Å²) in [5.74, 6) is -0.623. The minimum Gasteiger partial charge on any atom is -0.476 e. The van der Waals surface area contributed by atoms with E-state index in [1.165, 1.54) is 17.5 Å². The Bertz CT molecular complexity index is 2570. The monoisotopic (exact) mass is 909 g/mol. The molecule has 4 fully saturated rings. The Morgan fingerprint density at radius 3 is 2.44 bits per heavy atom. The maximum atomic E-state index is 14.0. The summed E-state index contributed by atoms with van der Waals surface area (Å²) in [5, 5.41) is 22.9. The van der Waals surface area contributed by atoms with Crippen molar-refractivity contribution in [3.63, 3.8) is 0 Å². The number of carbonyl (C=O) groups excluding carboxylic acids is 1. The van der Waals surface area contributed by atoms with Gasteiger partial charge >= 0.3 is 13.6 Å². The number of carboxylic acid groups (broad SMARTS) is 1. The summed E-state index contributed by atoms with van der Waals surface area (Å²) in [6.07, 6.45) is 8.73. The average Bonchev–Trinajstić information content (AvgIpc) is 3.79. The van der Waals surface area contributed by atoms with Gasteiger partial charge in [-0.1, -0.05) is 55.5 Å². The first kappa shape index (κ1) is 44.7. The molecule has 2 aromatic carbocycles. The maximum absolute atomic E-state index is 14.0. The number of amides is 1. The van der Waals surface area contributed by atoms with Crippen LogP contribution in [0.3, 0.4) is 0 Å². The lowest BCUT2D eigenvalue weighted by molar-refractivity contribution is -0.247. The van der Waals surface area contributed by atoms with Crippen molar-refractivity contribution in [1.82, 2.24) is 25.1 Å². The normalized spacial score (nSPS) is 24.9. The summed E-state index contributed by atoms with van der Waals surface area (Å²) in [6.45, 7) is 14.7. The number of carboxylic acids is 1. The molecule has 4 bridgehead atoms. The number of fused-ring (bicyclic) bond motifs is 2. The molecule has 64 heavy (non-hydrogen) atoms. The van der Waals surface area contributed by atoms with E-state index in [9.17, 15) is 19.3 Å². The third kappa shape index (κ3) is 8.79. The van der Waals surface area contributed by atoms with E-state index in [1.807, 2.05) is 56.3 Å². The Hall–Kier alpha value is -4.50. The number of para-hydroxylation sites is 1. The summed E-state index contributed by atoms with van der Waals surface area (Å²) in [7, 11) is -3.12. The fraction of sp³-hybridized carbons (Fsp3) is 0.521. The number of nitrogens with zero attached hydrogens (tertiary/aromatic N) is 5. The van der Waals surface area contributed by atoms with Crippen LogP contribution in [0.5, 0.6) is 0 Å². The summed E-state index contributed by atoms with van der Waals surface area (Å²) in [6, 6.07) is 17.3. The first-order chi connectivity index (χ1) is 30.7. The van der Waals surface area contributed by atoms with Gasteiger partial charge in [-0.2, -0.15) is 5.10 Å². The number of pyridine rings is 1. The zero-order chi connectivity index (χ0) is 44.9. The van der Waals surface area contributed by atoms with Crippen LogP contribution in [-0.4, -0.2) is 87.9 Å². The minimum absolute atomic E-state index is 0.0194. The van der Waals surface area contributed by atoms with Gasteiger partial charge < -0.3 is 29.1 Å². The number of rotatable bonds is 18. The van der Waals surface area contributed by atoms with Gasteiger partial charge in [0.2, 0.25) is 0 Å². The second-order valence-corrected chi connectivity index (χ2v) is 22.6. The maximum Gasteiger partial charge on any atom is 0.355 e. The van der Waals surface area contributed by atoms with E-state index in [1.54, 1.807) is 6.07 Å². The third-order valence-electron chi connectivity index (χ3n) is 13.8. The summed E-state index contributed by atoms with van der Waals surface area (Å²) < 4.78 is 34.1. The zero-order valence-electron chi connectivity index (χ0n) is 37.6. The highest BCUT2D eigenvalue weighted by atomic mass is 32.1. The van der Waals surface area contributed by atoms with Crippen LogP contribution in [0, 0.1) is 23.2 Å². The molecule has 2 atom stereocenters. The molecule has 2 unspecified atom stereocenters. The highest BCUT2D eigenvalue weighted by Gasteiger charge is 2.66. The van der Waals surface area contributed by atoms with Gasteiger partial charge in [0, 0.05) is 61.3 Å². The predicted octanol–water partition coefficient (Wildman–Crippen LogP) is 9.37. The van der Waals surface area contributed by atoms with Crippen molar-refractivity contribution in [2.24, 2.45) is 16.2 Å². The number of thiazole rings is 1. The van der Waals surface area contributed by atoms with E-state index in [-0.39, 0.29) is 33.4 Å². The SMILES string of the molecule is CCOP(=O)(CCNCCOC12CC3(C)CC(C)(CC(Cn4nc(N5CCc6cccc(C(=O)Nc7nc8ccccc8s7)c6C5)c(-c5cccnc5C(=O)O)c4C)(C3)C1)C2)OCC. The smallest absolute Gasteiger partial charge is 0.355 e. The first-order valence-corrected chi connectivity index (χ1v) is 25.2. The van der Waals surface area contributed by atoms with Crippen molar-refractivity contribution >= 4 is 52.0 Å². The van der Waals surface area contributed by atoms with Gasteiger partial charge in [0.25, 0.3) is 5.91 Å². The third-order valence-corrected chi connectivity index (χ3v) is 16.9. The lowest BCUT2D eigenvalue weighted by Crippen LogP contribution is -2.64. The molecule has 3 N–H and O–H groups in total. The standard InChI is InChI=1S/C48H60N7O7PS/c1-6-61-63(59,62-7-2)23-20-49-19-22-60-48-28-45(4)25-46(5,29-48)27-47(26-45,30-48)31-55-32(3)39(35-14-11-18-50-40(35)43(57)58)41(53-55)54-21-17-33-12-10-13-34(36(33)24-54)42(56)52-44-51-37-15-8-9-16-38(37)64-44/h8-16,18,49H,6-7,17,19-31H2,1-5H3,(H,57,58)(H,51,52,56). The molecular weight excluding hydrogens is 850 g/mol. The van der Waals surface area contributed by atoms with Gasteiger partial charge in [-0.25, -0.2) is 14.8 Å². The number of ether oxygens (including phenoxy) is 1. The summed E-state index contributed by atoms with van der Waals surface area (Å²) >= 11 is 1.45. The molecule has 1 aliphatic heterocycles. The molecular formula is C48H60N7O7PS. The number of hydrogen-bond acceptors (Lipinski definition) is 12. The molecule has 0 saturated heterocycles. The van der Waals surface area contributed by atoms with Crippen LogP contribution in [0.25, 0.3) is 21.3 Å². The van der Waals surface area contributed by atoms with E-state index in [2.05, 4.69) is 57.0 Å². The van der Waals surface area contributed by atoms with E-state index < -0.39 is 13.6 Å². The first-order valence-electron chi connectivity index (χ1n) is 22.7. The largest absolute Gasteiger partial charge is 0.476 e. The van der Waals surface area contributed by atoms with Crippen LogP contribution in [0.2, 0.25) is 0 Å². The van der Waals surface area contributed by atoms with Crippen LogP contribution in [0.4, 0.5) is 10.9 Å². The van der Waals surface area contributed by atoms with Crippen LogP contribution in [0.15, 0.2) is 60.8 Å². The van der Waals surface area contributed by atoms with Gasteiger partial charge in [-0.05, 0) is 117 Å². The van der Waals surface area contributed by atoms with Crippen molar-refractivity contribution in [2.75, 3.05) is 55.8 Å². The Kier molecular flexibility index (Phi) is 12.1. The van der Waals surface area contributed by atoms with Crippen molar-refractivity contribution in [2.45, 2.75) is 98.3 Å². The van der Waals surface area contributed by atoms with E-state index in [4.69, 9.17) is 18.9 Å². The molecule has 0 spiro atoms.